The molecule has 1 aromatic carbocycles. The van der Waals surface area contributed by atoms with E-state index in [1.807, 2.05) is 0 Å². The Morgan fingerprint density at radius 3 is 2.76 bits per heavy atom. The van der Waals surface area contributed by atoms with Crippen LogP contribution in [0.25, 0.3) is 0 Å². The molecule has 0 atom stereocenters. The van der Waals surface area contributed by atoms with E-state index in [9.17, 15) is 9.18 Å². The summed E-state index contributed by atoms with van der Waals surface area (Å²) in [5.41, 5.74) is 0.852. The molecule has 1 saturated carbocycles. The summed E-state index contributed by atoms with van der Waals surface area (Å²) in [4.78, 5) is 13.7. The average Bonchev–Trinajstić information content (AvgIpc) is 3.13. The molecule has 0 bridgehead atoms. The Bertz CT molecular complexity index is 511. The van der Waals surface area contributed by atoms with Gasteiger partial charge in [-0.15, -0.1) is 0 Å². The van der Waals surface area contributed by atoms with Gasteiger partial charge in [0.15, 0.2) is 6.61 Å². The van der Waals surface area contributed by atoms with Crippen LogP contribution in [0.1, 0.15) is 31.2 Å². The summed E-state index contributed by atoms with van der Waals surface area (Å²) in [6, 6.07) is 5.22. The fraction of sp³-hybridized carbons (Fsp3) is 0.562. The van der Waals surface area contributed by atoms with E-state index in [0.717, 1.165) is 31.5 Å². The van der Waals surface area contributed by atoms with Crippen molar-refractivity contribution in [3.05, 3.63) is 29.6 Å². The van der Waals surface area contributed by atoms with Gasteiger partial charge in [-0.1, -0.05) is 0 Å². The van der Waals surface area contributed by atoms with Crippen LogP contribution >= 0.6 is 0 Å². The van der Waals surface area contributed by atoms with Crippen molar-refractivity contribution in [3.8, 4) is 5.75 Å². The number of amides is 1. The smallest absolute Gasteiger partial charge is 0.260 e. The number of nitrogens with zero attached hydrogens (tertiary/aromatic N) is 1. The lowest BCUT2D eigenvalue weighted by Crippen LogP contribution is -2.32. The molecular weight excluding hydrogens is 271 g/mol. The van der Waals surface area contributed by atoms with Crippen molar-refractivity contribution in [2.45, 2.75) is 38.3 Å². The molecule has 5 heteroatoms. The van der Waals surface area contributed by atoms with Crippen LogP contribution in [-0.2, 0) is 11.3 Å². The highest BCUT2D eigenvalue weighted by molar-refractivity contribution is 5.78. The predicted octanol–water partition coefficient (Wildman–Crippen LogP) is 2.08. The van der Waals surface area contributed by atoms with Crippen molar-refractivity contribution in [2.24, 2.45) is 0 Å². The van der Waals surface area contributed by atoms with E-state index in [1.54, 1.807) is 11.0 Å². The van der Waals surface area contributed by atoms with E-state index in [1.165, 1.54) is 25.0 Å². The molecule has 1 aliphatic heterocycles. The number of nitrogens with one attached hydrogen (secondary N) is 1. The lowest BCUT2D eigenvalue weighted by Gasteiger charge is -2.16. The molecule has 1 aliphatic carbocycles. The first kappa shape index (κ1) is 14.3. The van der Waals surface area contributed by atoms with Gasteiger partial charge in [0, 0.05) is 31.7 Å². The summed E-state index contributed by atoms with van der Waals surface area (Å²) in [6.07, 6.45) is 4.51. The van der Waals surface area contributed by atoms with Crippen molar-refractivity contribution in [1.82, 2.24) is 10.2 Å². The summed E-state index contributed by atoms with van der Waals surface area (Å²) in [5.74, 6) is 0.0817. The Hall–Kier alpha value is -1.62. The molecule has 0 unspecified atom stereocenters. The van der Waals surface area contributed by atoms with Crippen molar-refractivity contribution >= 4 is 5.91 Å². The van der Waals surface area contributed by atoms with Crippen LogP contribution in [0, 0.1) is 5.82 Å². The molecule has 0 aromatic heterocycles. The molecule has 1 heterocycles. The number of hydrogen-bond donors (Lipinski definition) is 1. The van der Waals surface area contributed by atoms with E-state index in [4.69, 9.17) is 4.74 Å². The van der Waals surface area contributed by atoms with Crippen LogP contribution in [0.3, 0.4) is 0 Å². The molecule has 114 valence electrons. The lowest BCUT2D eigenvalue weighted by molar-refractivity contribution is -0.132. The SMILES string of the molecule is O=C(COc1cc(F)cc(CNC2CC2)c1)N1CCCC1. The second kappa shape index (κ2) is 6.43. The number of carbonyl (C=O) groups is 1. The fourth-order valence-corrected chi connectivity index (χ4v) is 2.56. The van der Waals surface area contributed by atoms with Gasteiger partial charge < -0.3 is 15.0 Å². The zero-order chi connectivity index (χ0) is 14.7. The Labute approximate surface area is 124 Å². The summed E-state index contributed by atoms with van der Waals surface area (Å²) in [7, 11) is 0. The highest BCUT2D eigenvalue weighted by Gasteiger charge is 2.20. The van der Waals surface area contributed by atoms with Gasteiger partial charge in [0.05, 0.1) is 0 Å². The number of halogens is 1. The second-order valence-electron chi connectivity index (χ2n) is 5.83. The van der Waals surface area contributed by atoms with Gasteiger partial charge in [0.25, 0.3) is 5.91 Å². The molecule has 0 spiro atoms. The maximum absolute atomic E-state index is 13.6. The molecule has 1 N–H and O–H groups in total. The number of carbonyl (C=O) groups excluding carboxylic acids is 1. The zero-order valence-corrected chi connectivity index (χ0v) is 12.1. The molecule has 21 heavy (non-hydrogen) atoms. The Kier molecular flexibility index (Phi) is 4.39. The van der Waals surface area contributed by atoms with E-state index < -0.39 is 0 Å². The molecular formula is C16H21FN2O2. The van der Waals surface area contributed by atoms with Gasteiger partial charge >= 0.3 is 0 Å². The Balaban J connectivity index is 1.54. The maximum atomic E-state index is 13.6. The first-order valence-electron chi connectivity index (χ1n) is 7.64. The zero-order valence-electron chi connectivity index (χ0n) is 12.1. The average molecular weight is 292 g/mol. The molecule has 1 aromatic rings. The van der Waals surface area contributed by atoms with Crippen LogP contribution in [0.4, 0.5) is 4.39 Å². The van der Waals surface area contributed by atoms with Crippen molar-refractivity contribution in [2.75, 3.05) is 19.7 Å². The minimum absolute atomic E-state index is 0.0149. The molecule has 2 fully saturated rings. The van der Waals surface area contributed by atoms with Crippen LogP contribution < -0.4 is 10.1 Å². The summed E-state index contributed by atoms with van der Waals surface area (Å²) >= 11 is 0. The Morgan fingerprint density at radius 2 is 2.05 bits per heavy atom. The maximum Gasteiger partial charge on any atom is 0.260 e. The third-order valence-electron chi connectivity index (χ3n) is 3.92. The highest BCUT2D eigenvalue weighted by Crippen LogP contribution is 2.21. The fourth-order valence-electron chi connectivity index (χ4n) is 2.56. The first-order chi connectivity index (χ1) is 10.2. The van der Waals surface area contributed by atoms with E-state index in [2.05, 4.69) is 5.32 Å². The third kappa shape index (κ3) is 4.17. The minimum Gasteiger partial charge on any atom is -0.484 e. The largest absolute Gasteiger partial charge is 0.484 e. The number of benzene rings is 1. The molecule has 3 rings (SSSR count). The molecule has 2 aliphatic rings. The normalized spacial score (nSPS) is 18.0. The number of likely N-dealkylation sites (tertiary alicyclic amines) is 1. The summed E-state index contributed by atoms with van der Waals surface area (Å²) in [5, 5.41) is 3.34. The standard InChI is InChI=1S/C16H21FN2O2/c17-13-7-12(10-18-14-3-4-14)8-15(9-13)21-11-16(20)19-5-1-2-6-19/h7-9,14,18H,1-6,10-11H2. The van der Waals surface area contributed by atoms with Crippen LogP contribution in [0.2, 0.25) is 0 Å². The van der Waals surface area contributed by atoms with Crippen LogP contribution in [0.5, 0.6) is 5.75 Å². The van der Waals surface area contributed by atoms with Crippen molar-refractivity contribution < 1.29 is 13.9 Å². The molecule has 1 saturated heterocycles. The number of rotatable bonds is 6. The summed E-state index contributed by atoms with van der Waals surface area (Å²) < 4.78 is 19.1. The van der Waals surface area contributed by atoms with E-state index >= 15 is 0 Å². The van der Waals surface area contributed by atoms with Crippen LogP contribution in [-0.4, -0.2) is 36.5 Å². The number of hydrogen-bond acceptors (Lipinski definition) is 3. The van der Waals surface area contributed by atoms with Crippen molar-refractivity contribution in [1.29, 1.82) is 0 Å². The minimum atomic E-state index is -0.325. The van der Waals surface area contributed by atoms with E-state index in [-0.39, 0.29) is 18.3 Å². The van der Waals surface area contributed by atoms with Gasteiger partial charge in [0.1, 0.15) is 11.6 Å². The lowest BCUT2D eigenvalue weighted by atomic mass is 10.2. The first-order valence-corrected chi connectivity index (χ1v) is 7.64. The topological polar surface area (TPSA) is 41.6 Å². The van der Waals surface area contributed by atoms with Gasteiger partial charge in [-0.3, -0.25) is 4.79 Å². The van der Waals surface area contributed by atoms with E-state index in [0.29, 0.717) is 18.3 Å². The van der Waals surface area contributed by atoms with Gasteiger partial charge in [-0.2, -0.15) is 0 Å². The summed E-state index contributed by atoms with van der Waals surface area (Å²) in [6.45, 7) is 2.24. The molecule has 0 radical (unpaired) electrons. The Morgan fingerprint density at radius 1 is 1.29 bits per heavy atom. The predicted molar refractivity (Wildman–Crippen MR) is 77.6 cm³/mol. The van der Waals surface area contributed by atoms with Gasteiger partial charge in [-0.25, -0.2) is 4.39 Å². The monoisotopic (exact) mass is 292 g/mol. The van der Waals surface area contributed by atoms with Crippen LogP contribution in [0.15, 0.2) is 18.2 Å². The third-order valence-corrected chi connectivity index (χ3v) is 3.92. The van der Waals surface area contributed by atoms with Gasteiger partial charge in [0.2, 0.25) is 0 Å². The molecule has 1 amide bonds. The van der Waals surface area contributed by atoms with Crippen molar-refractivity contribution in [3.63, 3.8) is 0 Å². The highest BCUT2D eigenvalue weighted by atomic mass is 19.1. The van der Waals surface area contributed by atoms with Gasteiger partial charge in [-0.05, 0) is 43.4 Å². The molecule has 4 nitrogen and oxygen atoms in total. The second-order valence-corrected chi connectivity index (χ2v) is 5.83. The quantitative estimate of drug-likeness (QED) is 0.873. The number of ether oxygens (including phenoxy) is 1.